The van der Waals surface area contributed by atoms with Crippen LogP contribution in [0.1, 0.15) is 36.7 Å². The summed E-state index contributed by atoms with van der Waals surface area (Å²) >= 11 is 2.68. The molecule has 12 heteroatoms. The molecule has 0 spiro atoms. The zero-order valence-electron chi connectivity index (χ0n) is 26.0. The number of hydrogen-bond acceptors (Lipinski definition) is 10. The summed E-state index contributed by atoms with van der Waals surface area (Å²) < 4.78 is 16.1. The SMILES string of the molecule is CCC(C)(C(=O)Nc1ccc(OC)cc1OC)N(Cc1nc(-c2ccc(OC)cc2)cs1)C(=O)CSc1nc(C)cc(C)n1. The van der Waals surface area contributed by atoms with Crippen molar-refractivity contribution in [3.63, 3.8) is 0 Å². The van der Waals surface area contributed by atoms with Gasteiger partial charge in [-0.25, -0.2) is 15.0 Å². The Balaban J connectivity index is 1.64. The number of methoxy groups -OCH3 is 3. The van der Waals surface area contributed by atoms with Crippen molar-refractivity contribution in [2.45, 2.75) is 51.4 Å². The number of nitrogens with zero attached hydrogens (tertiary/aromatic N) is 4. The predicted octanol–water partition coefficient (Wildman–Crippen LogP) is 6.17. The van der Waals surface area contributed by atoms with Crippen LogP contribution in [-0.2, 0) is 16.1 Å². The minimum Gasteiger partial charge on any atom is -0.497 e. The van der Waals surface area contributed by atoms with Gasteiger partial charge in [0.05, 0.1) is 45.0 Å². The maximum atomic E-state index is 14.0. The Morgan fingerprint density at radius 3 is 2.20 bits per heavy atom. The van der Waals surface area contributed by atoms with Gasteiger partial charge in [0.2, 0.25) is 11.8 Å². The highest BCUT2D eigenvalue weighted by Crippen LogP contribution is 2.33. The van der Waals surface area contributed by atoms with Crippen LogP contribution < -0.4 is 19.5 Å². The molecule has 232 valence electrons. The number of anilines is 1. The molecule has 0 aliphatic rings. The second kappa shape index (κ2) is 14.5. The van der Waals surface area contributed by atoms with Crippen molar-refractivity contribution < 1.29 is 23.8 Å². The summed E-state index contributed by atoms with van der Waals surface area (Å²) in [6.45, 7) is 7.58. The number of aromatic nitrogens is 3. The molecule has 0 aliphatic heterocycles. The smallest absolute Gasteiger partial charge is 0.250 e. The average Bonchev–Trinajstić information content (AvgIpc) is 3.50. The Hall–Kier alpha value is -4.16. The van der Waals surface area contributed by atoms with Gasteiger partial charge < -0.3 is 24.4 Å². The number of carbonyl (C=O) groups is 2. The van der Waals surface area contributed by atoms with E-state index in [1.54, 1.807) is 44.2 Å². The second-order valence-electron chi connectivity index (χ2n) is 10.2. The van der Waals surface area contributed by atoms with E-state index in [4.69, 9.17) is 19.2 Å². The lowest BCUT2D eigenvalue weighted by molar-refractivity contribution is -0.143. The summed E-state index contributed by atoms with van der Waals surface area (Å²) in [5.41, 5.74) is 2.60. The molecule has 1 N–H and O–H groups in total. The number of thiazole rings is 1. The zero-order chi connectivity index (χ0) is 31.9. The summed E-state index contributed by atoms with van der Waals surface area (Å²) in [6.07, 6.45) is 0.352. The first-order valence-electron chi connectivity index (χ1n) is 14.0. The number of amides is 2. The van der Waals surface area contributed by atoms with E-state index in [1.807, 2.05) is 56.5 Å². The lowest BCUT2D eigenvalue weighted by atomic mass is 9.94. The van der Waals surface area contributed by atoms with Crippen LogP contribution in [0.3, 0.4) is 0 Å². The number of ether oxygens (including phenoxy) is 3. The summed E-state index contributed by atoms with van der Waals surface area (Å²) in [4.78, 5) is 43.4. The number of hydrogen-bond donors (Lipinski definition) is 1. The van der Waals surface area contributed by atoms with Gasteiger partial charge in [-0.2, -0.15) is 0 Å². The largest absolute Gasteiger partial charge is 0.497 e. The molecular formula is C32H37N5O5S2. The van der Waals surface area contributed by atoms with Crippen molar-refractivity contribution in [2.75, 3.05) is 32.4 Å². The highest BCUT2D eigenvalue weighted by Gasteiger charge is 2.41. The lowest BCUT2D eigenvalue weighted by Crippen LogP contribution is -2.57. The second-order valence-corrected chi connectivity index (χ2v) is 12.1. The molecule has 2 aromatic carbocycles. The molecule has 44 heavy (non-hydrogen) atoms. The molecule has 0 radical (unpaired) electrons. The topological polar surface area (TPSA) is 116 Å². The first-order chi connectivity index (χ1) is 21.1. The Labute approximate surface area is 266 Å². The normalized spacial score (nSPS) is 12.2. The first-order valence-corrected chi connectivity index (χ1v) is 15.8. The number of thioether (sulfide) groups is 1. The molecule has 2 amide bonds. The van der Waals surface area contributed by atoms with Gasteiger partial charge in [0, 0.05) is 28.4 Å². The van der Waals surface area contributed by atoms with Crippen LogP contribution in [-0.4, -0.2) is 64.3 Å². The van der Waals surface area contributed by atoms with E-state index in [1.165, 1.54) is 30.2 Å². The number of nitrogens with one attached hydrogen (secondary N) is 1. The van der Waals surface area contributed by atoms with Crippen LogP contribution in [0.5, 0.6) is 17.2 Å². The molecule has 2 heterocycles. The van der Waals surface area contributed by atoms with E-state index in [-0.39, 0.29) is 24.1 Å². The summed E-state index contributed by atoms with van der Waals surface area (Å²) in [5, 5.41) is 6.14. The van der Waals surface area contributed by atoms with Gasteiger partial charge in [-0.3, -0.25) is 9.59 Å². The van der Waals surface area contributed by atoms with Gasteiger partial charge >= 0.3 is 0 Å². The van der Waals surface area contributed by atoms with E-state index >= 15 is 0 Å². The van der Waals surface area contributed by atoms with Crippen molar-refractivity contribution in [3.8, 4) is 28.5 Å². The summed E-state index contributed by atoms with van der Waals surface area (Å²) in [5.74, 6) is 1.26. The van der Waals surface area contributed by atoms with E-state index in [2.05, 4.69) is 15.3 Å². The average molecular weight is 636 g/mol. The van der Waals surface area contributed by atoms with Crippen LogP contribution >= 0.6 is 23.1 Å². The predicted molar refractivity (Wildman–Crippen MR) is 174 cm³/mol. The fraction of sp³-hybridized carbons (Fsp3) is 0.344. The van der Waals surface area contributed by atoms with Crippen LogP contribution in [0.4, 0.5) is 5.69 Å². The molecule has 0 saturated carbocycles. The third-order valence-electron chi connectivity index (χ3n) is 7.25. The summed E-state index contributed by atoms with van der Waals surface area (Å²) in [7, 11) is 4.70. The Morgan fingerprint density at radius 1 is 0.932 bits per heavy atom. The highest BCUT2D eigenvalue weighted by atomic mass is 32.2. The zero-order valence-corrected chi connectivity index (χ0v) is 27.6. The van der Waals surface area contributed by atoms with Crippen molar-refractivity contribution in [3.05, 3.63) is 70.3 Å². The van der Waals surface area contributed by atoms with E-state index in [0.717, 1.165) is 28.4 Å². The van der Waals surface area contributed by atoms with Crippen LogP contribution in [0.2, 0.25) is 0 Å². The standard InChI is InChI=1S/C32H37N5O5S2/c1-8-32(4,30(39)36-25-14-13-24(41-6)16-27(25)42-7)37(29(38)19-44-31-33-20(2)15-21(3)34-31)17-28-35-26(18-43-28)22-9-11-23(40-5)12-10-22/h9-16,18H,8,17,19H2,1-7H3,(H,36,39). The van der Waals surface area contributed by atoms with Crippen LogP contribution in [0.15, 0.2) is 59.1 Å². The number of rotatable bonds is 13. The van der Waals surface area contributed by atoms with Crippen LogP contribution in [0, 0.1) is 13.8 Å². The molecule has 2 aromatic heterocycles. The van der Waals surface area contributed by atoms with Gasteiger partial charge in [-0.15, -0.1) is 11.3 Å². The quantitative estimate of drug-likeness (QED) is 0.136. The molecule has 1 atom stereocenters. The Kier molecular flexibility index (Phi) is 10.8. The lowest BCUT2D eigenvalue weighted by Gasteiger charge is -2.39. The van der Waals surface area contributed by atoms with E-state index < -0.39 is 5.54 Å². The van der Waals surface area contributed by atoms with Gasteiger partial charge in [-0.1, -0.05) is 18.7 Å². The molecule has 1 unspecified atom stereocenters. The Morgan fingerprint density at radius 2 is 1.59 bits per heavy atom. The fourth-order valence-corrected chi connectivity index (χ4v) is 6.16. The van der Waals surface area contributed by atoms with Crippen molar-refractivity contribution >= 4 is 40.6 Å². The maximum Gasteiger partial charge on any atom is 0.250 e. The van der Waals surface area contributed by atoms with Gasteiger partial charge in [0.15, 0.2) is 5.16 Å². The maximum absolute atomic E-state index is 14.0. The van der Waals surface area contributed by atoms with Crippen molar-refractivity contribution in [2.24, 2.45) is 0 Å². The highest BCUT2D eigenvalue weighted by molar-refractivity contribution is 7.99. The van der Waals surface area contributed by atoms with E-state index in [9.17, 15) is 9.59 Å². The molecule has 0 saturated heterocycles. The van der Waals surface area contributed by atoms with Gasteiger partial charge in [0.1, 0.15) is 27.8 Å². The minimum absolute atomic E-state index is 0.0499. The van der Waals surface area contributed by atoms with Crippen LogP contribution in [0.25, 0.3) is 11.3 Å². The molecule has 0 aliphatic carbocycles. The van der Waals surface area contributed by atoms with E-state index in [0.29, 0.717) is 33.8 Å². The van der Waals surface area contributed by atoms with Gasteiger partial charge in [-0.05, 0) is 69.7 Å². The fourth-order valence-electron chi connectivity index (χ4n) is 4.55. The molecule has 4 rings (SSSR count). The Bertz CT molecular complexity index is 1590. The number of carbonyl (C=O) groups excluding carboxylic acids is 2. The van der Waals surface area contributed by atoms with Crippen molar-refractivity contribution in [1.82, 2.24) is 19.9 Å². The first kappa shape index (κ1) is 32.7. The van der Waals surface area contributed by atoms with Crippen molar-refractivity contribution in [1.29, 1.82) is 0 Å². The molecule has 0 bridgehead atoms. The minimum atomic E-state index is -1.22. The summed E-state index contributed by atoms with van der Waals surface area (Å²) in [6, 6.07) is 14.7. The molecule has 0 fully saturated rings. The molecule has 10 nitrogen and oxygen atoms in total. The third kappa shape index (κ3) is 7.67. The van der Waals surface area contributed by atoms with Gasteiger partial charge in [0.25, 0.3) is 0 Å². The third-order valence-corrected chi connectivity index (χ3v) is 8.91. The molecular weight excluding hydrogens is 599 g/mol. The number of benzene rings is 2. The monoisotopic (exact) mass is 635 g/mol. The molecule has 4 aromatic rings. The number of aryl methyl sites for hydroxylation is 2.